The van der Waals surface area contributed by atoms with E-state index in [9.17, 15) is 9.59 Å². The molecular weight excluding hydrogens is 466 g/mol. The van der Waals surface area contributed by atoms with Crippen molar-refractivity contribution in [1.29, 1.82) is 0 Å². The fourth-order valence-electron chi connectivity index (χ4n) is 6.10. The van der Waals surface area contributed by atoms with Gasteiger partial charge in [-0.05, 0) is 70.8 Å². The lowest BCUT2D eigenvalue weighted by Crippen LogP contribution is -2.33. The zero-order chi connectivity index (χ0) is 25.7. The second-order valence-electron chi connectivity index (χ2n) is 9.49. The third-order valence-electron chi connectivity index (χ3n) is 7.79. The van der Waals surface area contributed by atoms with Crippen LogP contribution in [0.15, 0.2) is 90.5 Å². The molecule has 0 radical (unpaired) electrons. The smallest absolute Gasteiger partial charge is 0.238 e. The molecule has 1 aliphatic heterocycles. The molecule has 0 unspecified atom stereocenters. The van der Waals surface area contributed by atoms with Gasteiger partial charge in [0.05, 0.1) is 38.9 Å². The van der Waals surface area contributed by atoms with Gasteiger partial charge in [0, 0.05) is 11.8 Å². The van der Waals surface area contributed by atoms with Gasteiger partial charge in [-0.25, -0.2) is 4.90 Å². The fourth-order valence-corrected chi connectivity index (χ4v) is 6.10. The Morgan fingerprint density at radius 1 is 0.595 bits per heavy atom. The van der Waals surface area contributed by atoms with Crippen molar-refractivity contribution >= 4 is 23.1 Å². The predicted molar refractivity (Wildman–Crippen MR) is 141 cm³/mol. The molecule has 3 aliphatic rings. The van der Waals surface area contributed by atoms with Crippen LogP contribution in [0, 0.1) is 23.7 Å². The molecule has 6 rings (SSSR count). The van der Waals surface area contributed by atoms with Crippen molar-refractivity contribution in [1.82, 2.24) is 0 Å². The molecule has 1 saturated carbocycles. The van der Waals surface area contributed by atoms with Gasteiger partial charge in [-0.15, -0.1) is 0 Å². The Balaban J connectivity index is 1.45. The number of hydrogen-bond acceptors (Lipinski definition) is 5. The number of anilines is 1. The standard InChI is InChI=1S/C31H27NO5/c1-35-21-10-4-18(5-11-21)26(19-6-12-22(36-2)13-7-19)27-24-16-17-25(27)29-28(24)30(33)32(31(29)34)20-8-14-23(37-3)15-9-20/h4-17,24-25,28-29H,1-3H3/t24-,25-,28+,29+/m1/s1. The molecule has 2 amide bonds. The molecule has 2 bridgehead atoms. The molecule has 2 fully saturated rings. The molecular formula is C31H27NO5. The molecule has 0 aromatic heterocycles. The van der Waals surface area contributed by atoms with Crippen molar-refractivity contribution in [3.63, 3.8) is 0 Å². The van der Waals surface area contributed by atoms with Crippen molar-refractivity contribution in [3.8, 4) is 17.2 Å². The van der Waals surface area contributed by atoms with Gasteiger partial charge >= 0.3 is 0 Å². The number of allylic oxidation sites excluding steroid dienone is 3. The first-order chi connectivity index (χ1) is 18.0. The van der Waals surface area contributed by atoms with Crippen LogP contribution in [0.5, 0.6) is 17.2 Å². The molecule has 3 aromatic carbocycles. The number of hydrogen-bond donors (Lipinski definition) is 0. The first-order valence-corrected chi connectivity index (χ1v) is 12.3. The highest BCUT2D eigenvalue weighted by Crippen LogP contribution is 2.59. The van der Waals surface area contributed by atoms with Crippen LogP contribution in [-0.2, 0) is 9.59 Å². The minimum atomic E-state index is -0.411. The van der Waals surface area contributed by atoms with Gasteiger partial charge in [0.1, 0.15) is 17.2 Å². The predicted octanol–water partition coefficient (Wildman–Crippen LogP) is 5.14. The Bertz CT molecular complexity index is 1340. The molecule has 1 saturated heterocycles. The summed E-state index contributed by atoms with van der Waals surface area (Å²) in [4.78, 5) is 28.8. The van der Waals surface area contributed by atoms with Crippen molar-refractivity contribution in [2.24, 2.45) is 23.7 Å². The second-order valence-corrected chi connectivity index (χ2v) is 9.49. The Hall–Kier alpha value is -4.32. The normalized spacial score (nSPS) is 23.4. The first-order valence-electron chi connectivity index (χ1n) is 12.3. The zero-order valence-electron chi connectivity index (χ0n) is 20.9. The number of nitrogens with zero attached hydrogens (tertiary/aromatic N) is 1. The van der Waals surface area contributed by atoms with Gasteiger partial charge in [-0.3, -0.25) is 9.59 Å². The average molecular weight is 494 g/mol. The van der Waals surface area contributed by atoms with Gasteiger partial charge in [-0.1, -0.05) is 36.4 Å². The van der Waals surface area contributed by atoms with Crippen LogP contribution in [0.4, 0.5) is 5.69 Å². The van der Waals surface area contributed by atoms with Crippen LogP contribution in [0.2, 0.25) is 0 Å². The summed E-state index contributed by atoms with van der Waals surface area (Å²) in [7, 11) is 4.88. The maximum Gasteiger partial charge on any atom is 0.238 e. The van der Waals surface area contributed by atoms with E-state index in [2.05, 4.69) is 12.2 Å². The maximum atomic E-state index is 13.7. The highest BCUT2D eigenvalue weighted by molar-refractivity contribution is 6.23. The molecule has 3 aromatic rings. The number of fused-ring (bicyclic) bond motifs is 5. The molecule has 1 heterocycles. The maximum absolute atomic E-state index is 13.7. The number of imide groups is 1. The zero-order valence-corrected chi connectivity index (χ0v) is 20.9. The fraction of sp³-hybridized carbons (Fsp3) is 0.226. The number of ether oxygens (including phenoxy) is 3. The highest BCUT2D eigenvalue weighted by Gasteiger charge is 2.62. The monoisotopic (exact) mass is 493 g/mol. The quantitative estimate of drug-likeness (QED) is 0.352. The lowest BCUT2D eigenvalue weighted by Gasteiger charge is -2.22. The van der Waals surface area contributed by atoms with Crippen LogP contribution >= 0.6 is 0 Å². The summed E-state index contributed by atoms with van der Waals surface area (Å²) in [5.41, 5.74) is 4.80. The summed E-state index contributed by atoms with van der Waals surface area (Å²) in [6, 6.07) is 23.0. The molecule has 4 atom stereocenters. The van der Waals surface area contributed by atoms with Crippen molar-refractivity contribution < 1.29 is 23.8 Å². The number of benzene rings is 3. The third-order valence-corrected chi connectivity index (χ3v) is 7.79. The van der Waals surface area contributed by atoms with E-state index in [4.69, 9.17) is 14.2 Å². The highest BCUT2D eigenvalue weighted by atomic mass is 16.5. The average Bonchev–Trinajstić information content (AvgIpc) is 3.58. The molecule has 186 valence electrons. The minimum Gasteiger partial charge on any atom is -0.497 e. The lowest BCUT2D eigenvalue weighted by molar-refractivity contribution is -0.122. The summed E-state index contributed by atoms with van der Waals surface area (Å²) >= 11 is 0. The molecule has 37 heavy (non-hydrogen) atoms. The van der Waals surface area contributed by atoms with E-state index in [0.29, 0.717) is 11.4 Å². The number of methoxy groups -OCH3 is 3. The van der Waals surface area contributed by atoms with E-state index in [1.54, 1.807) is 45.6 Å². The van der Waals surface area contributed by atoms with Crippen molar-refractivity contribution in [3.05, 3.63) is 102 Å². The summed E-state index contributed by atoms with van der Waals surface area (Å²) in [6.45, 7) is 0. The van der Waals surface area contributed by atoms with E-state index in [1.165, 1.54) is 4.90 Å². The topological polar surface area (TPSA) is 65.1 Å². The molecule has 6 nitrogen and oxygen atoms in total. The van der Waals surface area contributed by atoms with Gasteiger partial charge in [0.25, 0.3) is 0 Å². The van der Waals surface area contributed by atoms with Crippen LogP contribution in [0.3, 0.4) is 0 Å². The Morgan fingerprint density at radius 2 is 0.973 bits per heavy atom. The number of carbonyl (C=O) groups is 2. The van der Waals surface area contributed by atoms with Crippen LogP contribution in [-0.4, -0.2) is 33.1 Å². The number of amides is 2. The minimum absolute atomic E-state index is 0.140. The summed E-state index contributed by atoms with van der Waals surface area (Å²) in [5.74, 6) is 0.829. The van der Waals surface area contributed by atoms with E-state index in [-0.39, 0.29) is 23.7 Å². The summed E-state index contributed by atoms with van der Waals surface area (Å²) < 4.78 is 16.0. The Morgan fingerprint density at radius 3 is 1.35 bits per heavy atom. The van der Waals surface area contributed by atoms with E-state index in [0.717, 1.165) is 33.8 Å². The van der Waals surface area contributed by atoms with Gasteiger partial charge in [0.2, 0.25) is 11.8 Å². The van der Waals surface area contributed by atoms with E-state index >= 15 is 0 Å². The largest absolute Gasteiger partial charge is 0.497 e. The van der Waals surface area contributed by atoms with Gasteiger partial charge in [0.15, 0.2) is 0 Å². The van der Waals surface area contributed by atoms with Crippen molar-refractivity contribution in [2.75, 3.05) is 26.2 Å². The molecule has 6 heteroatoms. The second kappa shape index (κ2) is 8.96. The number of rotatable bonds is 6. The third kappa shape index (κ3) is 3.55. The van der Waals surface area contributed by atoms with Crippen LogP contribution in [0.1, 0.15) is 11.1 Å². The van der Waals surface area contributed by atoms with E-state index < -0.39 is 11.8 Å². The van der Waals surface area contributed by atoms with Gasteiger partial charge < -0.3 is 14.2 Å². The Labute approximate surface area is 215 Å². The molecule has 0 spiro atoms. The van der Waals surface area contributed by atoms with Gasteiger partial charge in [-0.2, -0.15) is 0 Å². The molecule has 0 N–H and O–H groups in total. The number of carbonyl (C=O) groups excluding carboxylic acids is 2. The van der Waals surface area contributed by atoms with Crippen LogP contribution < -0.4 is 19.1 Å². The molecule has 2 aliphatic carbocycles. The van der Waals surface area contributed by atoms with Crippen molar-refractivity contribution in [2.45, 2.75) is 0 Å². The summed E-state index contributed by atoms with van der Waals surface area (Å²) in [5, 5.41) is 0. The SMILES string of the molecule is COc1ccc(C(=C2[C@H]3C=C[C@H]2[C@@H]2C(=O)N(c4ccc(OC)cc4)C(=O)[C@H]23)c2ccc(OC)cc2)cc1. The van der Waals surface area contributed by atoms with E-state index in [1.807, 2.05) is 48.5 Å². The first kappa shape index (κ1) is 23.1. The summed E-state index contributed by atoms with van der Waals surface area (Å²) in [6.07, 6.45) is 4.22. The Kier molecular flexibility index (Phi) is 5.60. The lowest BCUT2D eigenvalue weighted by atomic mass is 9.85. The van der Waals surface area contributed by atoms with Crippen LogP contribution in [0.25, 0.3) is 5.57 Å².